The lowest BCUT2D eigenvalue weighted by Crippen LogP contribution is -2.62. The van der Waals surface area contributed by atoms with E-state index >= 15 is 9.59 Å². The van der Waals surface area contributed by atoms with Crippen LogP contribution in [0, 0.1) is 47.3 Å². The number of carbonyl (C=O) groups is 11. The van der Waals surface area contributed by atoms with Crippen molar-refractivity contribution >= 4 is 64.9 Å². The van der Waals surface area contributed by atoms with Gasteiger partial charge in [0.25, 0.3) is 0 Å². The molecule has 1 rings (SSSR count). The van der Waals surface area contributed by atoms with Crippen LogP contribution in [0.2, 0.25) is 0 Å². The number of ketones is 1. The minimum atomic E-state index is -1.58. The molecule has 0 unspecified atom stereocenters. The summed E-state index contributed by atoms with van der Waals surface area (Å²) < 4.78 is 0. The first-order valence-electron chi connectivity index (χ1n) is 30.8. The summed E-state index contributed by atoms with van der Waals surface area (Å²) in [7, 11) is 9.92. The lowest BCUT2D eigenvalue weighted by atomic mass is 9.86. The number of nitrogens with zero attached hydrogens (tertiary/aromatic N) is 7. The zero-order valence-electron chi connectivity index (χ0n) is 56.0. The second kappa shape index (κ2) is 35.2. The second-order valence-electron chi connectivity index (χ2n) is 26.4. The minimum Gasteiger partial charge on any atom is -0.396 e. The van der Waals surface area contributed by atoms with E-state index in [4.69, 9.17) is 0 Å². The van der Waals surface area contributed by atoms with Crippen molar-refractivity contribution < 1.29 is 63.0 Å². The largest absolute Gasteiger partial charge is 0.396 e. The van der Waals surface area contributed by atoms with Crippen molar-refractivity contribution in [3.8, 4) is 0 Å². The molecule has 0 aliphatic carbocycles. The number of Topliss-reactive ketones (excluding diaryl/α,β-unsaturated/α-hetero) is 1. The van der Waals surface area contributed by atoms with Gasteiger partial charge in [-0.3, -0.25) is 52.7 Å². The van der Waals surface area contributed by atoms with E-state index in [1.54, 1.807) is 41.5 Å². The molecule has 0 aromatic heterocycles. The molecule has 1 aliphatic rings. The second-order valence-corrected chi connectivity index (χ2v) is 26.4. The summed E-state index contributed by atoms with van der Waals surface area (Å²) in [6.07, 6.45) is -0.741. The van der Waals surface area contributed by atoms with Gasteiger partial charge in [-0.25, -0.2) is 0 Å². The summed E-state index contributed by atoms with van der Waals surface area (Å²) in [6.45, 7) is 27.3. The van der Waals surface area contributed by atoms with Crippen molar-refractivity contribution in [3.63, 3.8) is 0 Å². The van der Waals surface area contributed by atoms with Crippen molar-refractivity contribution in [2.45, 2.75) is 223 Å². The van der Waals surface area contributed by atoms with Crippen LogP contribution in [0.25, 0.3) is 0 Å². The molecule has 85 heavy (non-hydrogen) atoms. The third-order valence-corrected chi connectivity index (χ3v) is 16.6. The molecular weight excluding hydrogens is 1090 g/mol. The maximum Gasteiger partial charge on any atom is 0.246 e. The van der Waals surface area contributed by atoms with Crippen LogP contribution in [0.1, 0.15) is 162 Å². The quantitative estimate of drug-likeness (QED) is 0.149. The van der Waals surface area contributed by atoms with Crippen LogP contribution in [-0.4, -0.2) is 232 Å². The van der Waals surface area contributed by atoms with E-state index in [0.29, 0.717) is 6.42 Å². The summed E-state index contributed by atoms with van der Waals surface area (Å²) in [6, 6.07) is -11.0. The number of amides is 10. The molecule has 23 nitrogen and oxygen atoms in total. The van der Waals surface area contributed by atoms with Gasteiger partial charge < -0.3 is 60.5 Å². The van der Waals surface area contributed by atoms with Gasteiger partial charge in [-0.05, 0) is 100 Å². The lowest BCUT2D eigenvalue weighted by molar-refractivity contribution is -0.157. The highest BCUT2D eigenvalue weighted by atomic mass is 16.3. The van der Waals surface area contributed by atoms with Crippen LogP contribution in [0.4, 0.5) is 0 Å². The van der Waals surface area contributed by atoms with Gasteiger partial charge in [0.05, 0.1) is 12.6 Å². The summed E-state index contributed by atoms with van der Waals surface area (Å²) in [5.41, 5.74) is 0. The van der Waals surface area contributed by atoms with Crippen LogP contribution in [0.5, 0.6) is 0 Å². The highest BCUT2D eigenvalue weighted by molar-refractivity contribution is 5.99. The van der Waals surface area contributed by atoms with Crippen molar-refractivity contribution in [2.75, 3.05) is 62.5 Å². The Morgan fingerprint density at radius 1 is 0.471 bits per heavy atom. The van der Waals surface area contributed by atoms with Gasteiger partial charge in [-0.2, -0.15) is 0 Å². The van der Waals surface area contributed by atoms with Gasteiger partial charge in [0.2, 0.25) is 59.1 Å². The zero-order valence-corrected chi connectivity index (χ0v) is 56.0. The van der Waals surface area contributed by atoms with Gasteiger partial charge in [0.1, 0.15) is 54.4 Å². The maximum atomic E-state index is 15.1. The molecular formula is C62H112N10O13. The molecule has 0 radical (unpaired) electrons. The lowest BCUT2D eigenvalue weighted by Gasteiger charge is -2.41. The Morgan fingerprint density at radius 2 is 0.918 bits per heavy atom. The molecule has 5 N–H and O–H groups in total. The molecule has 1 aliphatic heterocycles. The summed E-state index contributed by atoms with van der Waals surface area (Å²) in [5.74, 6) is -10.4. The number of nitrogens with one attached hydrogen (secondary N) is 3. The molecule has 0 saturated carbocycles. The Kier molecular flexibility index (Phi) is 32.0. The molecule has 1 saturated heterocycles. The Morgan fingerprint density at radius 3 is 1.38 bits per heavy atom. The van der Waals surface area contributed by atoms with Crippen molar-refractivity contribution in [1.29, 1.82) is 0 Å². The maximum absolute atomic E-state index is 15.1. The predicted octanol–water partition coefficient (Wildman–Crippen LogP) is 3.17. The Bertz CT molecular complexity index is 2280. The fourth-order valence-corrected chi connectivity index (χ4v) is 11.0. The SMILES string of the molecule is CC[C@@H]1CC(=O)[C@H]([C@H](O)[C@H](C)CCO)N(C)C(=O)[C@H](C(C)C)N(C)C(=O)[C@H](CC(C)C)N(C)C(=O)[C@H](CC(C)C)N(C)C(=O)[C@@H](C)NC(=O)[C@H](C)NC(=O)[C@H](CC(C)C)N(C)C(=O)[C@H](C(C)C)NC(=O)[C@H](CCC(C)C)N(C)C(=O)CN(C)C1=O. The fourth-order valence-electron chi connectivity index (χ4n) is 11.0. The normalized spacial score (nSPS) is 26.9. The molecule has 0 bridgehead atoms. The molecule has 0 spiro atoms. The first kappa shape index (κ1) is 77.3. The molecule has 10 amide bonds. The van der Waals surface area contributed by atoms with Crippen LogP contribution in [-0.2, 0) is 52.7 Å². The van der Waals surface area contributed by atoms with Crippen LogP contribution in [0.3, 0.4) is 0 Å². The van der Waals surface area contributed by atoms with E-state index in [9.17, 15) is 53.4 Å². The minimum absolute atomic E-state index is 0.0506. The fraction of sp³-hybridized carbons (Fsp3) is 0.823. The zero-order chi connectivity index (χ0) is 66.0. The van der Waals surface area contributed by atoms with Crippen LogP contribution >= 0.6 is 0 Å². The average Bonchev–Trinajstić information content (AvgIpc) is 2.82. The van der Waals surface area contributed by atoms with Crippen molar-refractivity contribution in [1.82, 2.24) is 50.2 Å². The van der Waals surface area contributed by atoms with E-state index in [0.717, 1.165) is 9.80 Å². The predicted molar refractivity (Wildman–Crippen MR) is 327 cm³/mol. The van der Waals surface area contributed by atoms with E-state index in [-0.39, 0.29) is 68.8 Å². The highest BCUT2D eigenvalue weighted by Crippen LogP contribution is 2.27. The number of carbonyl (C=O) groups excluding carboxylic acids is 11. The number of hydrogen-bond donors (Lipinski definition) is 5. The van der Waals surface area contributed by atoms with E-state index in [1.807, 2.05) is 55.4 Å². The Labute approximate surface area is 508 Å². The summed E-state index contributed by atoms with van der Waals surface area (Å²) in [5, 5.41) is 30.2. The smallest absolute Gasteiger partial charge is 0.246 e. The average molecular weight is 1210 g/mol. The molecule has 23 heteroatoms. The summed E-state index contributed by atoms with van der Waals surface area (Å²) in [4.78, 5) is 169. The highest BCUT2D eigenvalue weighted by Gasteiger charge is 2.45. The van der Waals surface area contributed by atoms with Gasteiger partial charge >= 0.3 is 0 Å². The van der Waals surface area contributed by atoms with Crippen LogP contribution in [0.15, 0.2) is 0 Å². The molecule has 1 heterocycles. The number of aliphatic hydroxyl groups excluding tert-OH is 2. The van der Waals surface area contributed by atoms with Crippen LogP contribution < -0.4 is 16.0 Å². The molecule has 488 valence electrons. The number of hydrogen-bond acceptors (Lipinski definition) is 13. The monoisotopic (exact) mass is 1200 g/mol. The van der Waals surface area contributed by atoms with Gasteiger partial charge in [0.15, 0.2) is 5.78 Å². The van der Waals surface area contributed by atoms with Gasteiger partial charge in [-0.1, -0.05) is 96.9 Å². The van der Waals surface area contributed by atoms with Gasteiger partial charge in [0, 0.05) is 68.3 Å². The van der Waals surface area contributed by atoms with E-state index < -0.39 is 162 Å². The van der Waals surface area contributed by atoms with Crippen molar-refractivity contribution in [2.24, 2.45) is 47.3 Å². The van der Waals surface area contributed by atoms with Crippen molar-refractivity contribution in [3.05, 3.63) is 0 Å². The number of likely N-dealkylation sites (N-methyl/N-ethyl adjacent to an activating group) is 7. The first-order chi connectivity index (χ1) is 39.2. The number of aliphatic hydroxyl groups is 2. The third-order valence-electron chi connectivity index (χ3n) is 16.6. The molecule has 12 atom stereocenters. The Balaban J connectivity index is 4.31. The molecule has 0 aromatic carbocycles. The molecule has 0 aromatic rings. The number of rotatable bonds is 16. The van der Waals surface area contributed by atoms with Gasteiger partial charge in [-0.15, -0.1) is 0 Å². The molecule has 1 fully saturated rings. The van der Waals surface area contributed by atoms with E-state index in [2.05, 4.69) is 16.0 Å². The third kappa shape index (κ3) is 21.9. The summed E-state index contributed by atoms with van der Waals surface area (Å²) >= 11 is 0. The standard InChI is InChI=1S/C62H112N10O13/c1-24-43-32-48(74)52(53(76)40(14)27-28-73)72(23)62(85)51(39(12)13)71(22)60(83)47(31-37(8)9)70(21)59(82)46(30-36(6)7)69(20)57(80)42(16)64-54(77)41(15)63-56(79)45(29-35(4)5)68(19)61(84)50(38(10)11)65-55(78)44(26-25-34(2)3)67(18)49(75)33-66(17)58(43)81/h34-47,50-53,73,76H,24-33H2,1-23H3,(H,63,79)(H,64,77)(H,65,78)/t40-,41+,42-,43-,44+,45+,46+,47+,50+,51+,52-,53-/m1/s1. The topological polar surface area (TPSA) is 287 Å². The van der Waals surface area contributed by atoms with E-state index in [1.165, 1.54) is 87.7 Å². The Hall–Kier alpha value is -5.71. The first-order valence-corrected chi connectivity index (χ1v) is 30.8.